The highest BCUT2D eigenvalue weighted by Crippen LogP contribution is 2.40. The molecule has 0 saturated carbocycles. The maximum atomic E-state index is 10.9. The zero-order valence-electron chi connectivity index (χ0n) is 18.4. The van der Waals surface area contributed by atoms with Crippen molar-refractivity contribution in [2.45, 2.75) is 11.7 Å². The standard InChI is InChI=1S/C30H28O3/c31-22-25(24-13-5-1-6-14-24)21-29(32)23-33-30(26-15-7-2-8-16-26,27-17-9-3-10-18-27)28-19-11-4-12-20-28/h1-21,29,31-32H,22-23H2/b25-21+. The molecule has 0 aromatic heterocycles. The van der Waals surface area contributed by atoms with Gasteiger partial charge in [0, 0.05) is 0 Å². The third-order valence-electron chi connectivity index (χ3n) is 5.72. The normalized spacial score (nSPS) is 13.0. The van der Waals surface area contributed by atoms with E-state index in [2.05, 4.69) is 0 Å². The molecule has 1 atom stereocenters. The Bertz CT molecular complexity index is 1040. The van der Waals surface area contributed by atoms with E-state index in [1.54, 1.807) is 6.08 Å². The second kappa shape index (κ2) is 10.9. The summed E-state index contributed by atoms with van der Waals surface area (Å²) in [7, 11) is 0. The molecule has 1 unspecified atom stereocenters. The van der Waals surface area contributed by atoms with E-state index in [1.165, 1.54) is 0 Å². The minimum atomic E-state index is -0.900. The average molecular weight is 437 g/mol. The second-order valence-electron chi connectivity index (χ2n) is 7.87. The van der Waals surface area contributed by atoms with Crippen molar-refractivity contribution < 1.29 is 14.9 Å². The maximum absolute atomic E-state index is 10.9. The Morgan fingerprint density at radius 1 is 0.667 bits per heavy atom. The zero-order chi connectivity index (χ0) is 22.9. The Hall–Kier alpha value is -3.50. The predicted molar refractivity (Wildman–Crippen MR) is 133 cm³/mol. The van der Waals surface area contributed by atoms with Crippen molar-refractivity contribution in [1.82, 2.24) is 0 Å². The summed E-state index contributed by atoms with van der Waals surface area (Å²) >= 11 is 0. The molecule has 3 heteroatoms. The van der Waals surface area contributed by atoms with E-state index < -0.39 is 11.7 Å². The van der Waals surface area contributed by atoms with Crippen molar-refractivity contribution >= 4 is 5.57 Å². The highest BCUT2D eigenvalue weighted by atomic mass is 16.5. The van der Waals surface area contributed by atoms with Gasteiger partial charge in [0.05, 0.1) is 19.3 Å². The molecule has 4 rings (SSSR count). The highest BCUT2D eigenvalue weighted by molar-refractivity contribution is 5.66. The van der Waals surface area contributed by atoms with Crippen molar-refractivity contribution in [3.05, 3.63) is 150 Å². The summed E-state index contributed by atoms with van der Waals surface area (Å²) in [5.41, 5.74) is 3.57. The van der Waals surface area contributed by atoms with E-state index in [4.69, 9.17) is 4.74 Å². The lowest BCUT2D eigenvalue weighted by atomic mass is 9.80. The molecule has 2 N–H and O–H groups in total. The number of benzene rings is 4. The van der Waals surface area contributed by atoms with Crippen molar-refractivity contribution in [1.29, 1.82) is 0 Å². The fraction of sp³-hybridized carbons (Fsp3) is 0.133. The quantitative estimate of drug-likeness (QED) is 0.344. The van der Waals surface area contributed by atoms with Crippen molar-refractivity contribution in [2.24, 2.45) is 0 Å². The van der Waals surface area contributed by atoms with Crippen LogP contribution >= 0.6 is 0 Å². The fourth-order valence-corrected chi connectivity index (χ4v) is 4.15. The van der Waals surface area contributed by atoms with Crippen molar-refractivity contribution in [3.63, 3.8) is 0 Å². The zero-order valence-corrected chi connectivity index (χ0v) is 18.4. The van der Waals surface area contributed by atoms with Gasteiger partial charge in [0.25, 0.3) is 0 Å². The Kier molecular flexibility index (Phi) is 7.48. The van der Waals surface area contributed by atoms with E-state index in [0.717, 1.165) is 22.3 Å². The number of hydrogen-bond donors (Lipinski definition) is 2. The summed E-state index contributed by atoms with van der Waals surface area (Å²) in [4.78, 5) is 0. The molecule has 33 heavy (non-hydrogen) atoms. The Morgan fingerprint density at radius 3 is 1.45 bits per heavy atom. The monoisotopic (exact) mass is 436 g/mol. The largest absolute Gasteiger partial charge is 0.392 e. The summed E-state index contributed by atoms with van der Waals surface area (Å²) < 4.78 is 6.65. The van der Waals surface area contributed by atoms with Crippen LogP contribution in [-0.4, -0.2) is 29.5 Å². The van der Waals surface area contributed by atoms with Gasteiger partial charge < -0.3 is 14.9 Å². The van der Waals surface area contributed by atoms with Crippen LogP contribution in [0.1, 0.15) is 22.3 Å². The van der Waals surface area contributed by atoms with Gasteiger partial charge in [0.2, 0.25) is 0 Å². The van der Waals surface area contributed by atoms with Gasteiger partial charge in [-0.3, -0.25) is 0 Å². The molecule has 0 fully saturated rings. The van der Waals surface area contributed by atoms with Crippen LogP contribution in [0.15, 0.2) is 127 Å². The Labute approximate surface area is 195 Å². The van der Waals surface area contributed by atoms with E-state index in [0.29, 0.717) is 5.57 Å². The van der Waals surface area contributed by atoms with Gasteiger partial charge in [-0.1, -0.05) is 121 Å². The first kappa shape index (κ1) is 22.7. The van der Waals surface area contributed by atoms with Crippen LogP contribution in [0.2, 0.25) is 0 Å². The summed E-state index contributed by atoms with van der Waals surface area (Å²) in [6.45, 7) is -0.114. The lowest BCUT2D eigenvalue weighted by Crippen LogP contribution is -2.35. The highest BCUT2D eigenvalue weighted by Gasteiger charge is 2.37. The van der Waals surface area contributed by atoms with Crippen LogP contribution in [-0.2, 0) is 10.3 Å². The summed E-state index contributed by atoms with van der Waals surface area (Å²) in [6.07, 6.45) is 0.768. The summed E-state index contributed by atoms with van der Waals surface area (Å²) in [5.74, 6) is 0. The van der Waals surface area contributed by atoms with Gasteiger partial charge in [-0.05, 0) is 33.9 Å². The van der Waals surface area contributed by atoms with Crippen LogP contribution in [0.5, 0.6) is 0 Å². The van der Waals surface area contributed by atoms with Crippen LogP contribution < -0.4 is 0 Å². The van der Waals surface area contributed by atoms with E-state index in [-0.39, 0.29) is 13.2 Å². The molecule has 4 aromatic rings. The van der Waals surface area contributed by atoms with Gasteiger partial charge >= 0.3 is 0 Å². The molecule has 0 aliphatic carbocycles. The molecule has 4 aromatic carbocycles. The predicted octanol–water partition coefficient (Wildman–Crippen LogP) is 5.43. The molecule has 0 aliphatic heterocycles. The van der Waals surface area contributed by atoms with Crippen LogP contribution in [0.25, 0.3) is 5.57 Å². The van der Waals surface area contributed by atoms with E-state index >= 15 is 0 Å². The molecule has 3 nitrogen and oxygen atoms in total. The molecule has 0 amide bonds. The van der Waals surface area contributed by atoms with Crippen LogP contribution in [0.4, 0.5) is 0 Å². The van der Waals surface area contributed by atoms with Crippen LogP contribution in [0, 0.1) is 0 Å². The number of ether oxygens (including phenoxy) is 1. The van der Waals surface area contributed by atoms with Gasteiger partial charge in [-0.2, -0.15) is 0 Å². The molecule has 0 bridgehead atoms. The fourth-order valence-electron chi connectivity index (χ4n) is 4.15. The molecular weight excluding hydrogens is 408 g/mol. The van der Waals surface area contributed by atoms with Crippen molar-refractivity contribution in [2.75, 3.05) is 13.2 Å². The average Bonchev–Trinajstić information content (AvgIpc) is 2.90. The summed E-state index contributed by atoms with van der Waals surface area (Å²) in [6, 6.07) is 39.8. The minimum absolute atomic E-state index is 0.0506. The maximum Gasteiger partial charge on any atom is 0.143 e. The van der Waals surface area contributed by atoms with Crippen LogP contribution in [0.3, 0.4) is 0 Å². The molecule has 0 spiro atoms. The number of aliphatic hydroxyl groups excluding tert-OH is 2. The SMILES string of the molecule is OC/C(=C\C(O)COC(c1ccccc1)(c1ccccc1)c1ccccc1)c1ccccc1. The first-order valence-corrected chi connectivity index (χ1v) is 11.1. The Balaban J connectivity index is 1.74. The first-order chi connectivity index (χ1) is 16.2. The summed E-state index contributed by atoms with van der Waals surface area (Å²) in [5, 5.41) is 20.8. The van der Waals surface area contributed by atoms with E-state index in [1.807, 2.05) is 121 Å². The third kappa shape index (κ3) is 5.12. The van der Waals surface area contributed by atoms with Gasteiger partial charge in [0.15, 0.2) is 0 Å². The topological polar surface area (TPSA) is 49.7 Å². The van der Waals surface area contributed by atoms with E-state index in [9.17, 15) is 10.2 Å². The molecule has 166 valence electrons. The van der Waals surface area contributed by atoms with Crippen molar-refractivity contribution in [3.8, 4) is 0 Å². The number of rotatable bonds is 9. The third-order valence-corrected chi connectivity index (χ3v) is 5.72. The second-order valence-corrected chi connectivity index (χ2v) is 7.87. The lowest BCUT2D eigenvalue weighted by molar-refractivity contribution is -0.0248. The minimum Gasteiger partial charge on any atom is -0.392 e. The lowest BCUT2D eigenvalue weighted by Gasteiger charge is -2.36. The molecular formula is C30H28O3. The molecule has 0 aliphatic rings. The molecule has 0 heterocycles. The van der Waals surface area contributed by atoms with Gasteiger partial charge in [-0.15, -0.1) is 0 Å². The van der Waals surface area contributed by atoms with Gasteiger partial charge in [0.1, 0.15) is 5.60 Å². The van der Waals surface area contributed by atoms with Gasteiger partial charge in [-0.25, -0.2) is 0 Å². The number of aliphatic hydroxyl groups is 2. The number of hydrogen-bond acceptors (Lipinski definition) is 3. The smallest absolute Gasteiger partial charge is 0.143 e. The molecule has 0 radical (unpaired) electrons. The molecule has 0 saturated heterocycles. The Morgan fingerprint density at radius 2 is 1.06 bits per heavy atom. The first-order valence-electron chi connectivity index (χ1n) is 11.1.